The highest BCUT2D eigenvalue weighted by Crippen LogP contribution is 2.45. The van der Waals surface area contributed by atoms with Crippen LogP contribution in [0, 0.1) is 0 Å². The lowest BCUT2D eigenvalue weighted by molar-refractivity contribution is 0.0934. The van der Waals surface area contributed by atoms with Crippen molar-refractivity contribution in [2.24, 2.45) is 0 Å². The van der Waals surface area contributed by atoms with Gasteiger partial charge >= 0.3 is 6.03 Å². The molecule has 1 atom stereocenters. The number of pyridine rings is 1. The van der Waals surface area contributed by atoms with E-state index in [2.05, 4.69) is 20.9 Å². The number of hydrogen-bond donors (Lipinski definition) is 3. The Morgan fingerprint density at radius 1 is 1.29 bits per heavy atom. The summed E-state index contributed by atoms with van der Waals surface area (Å²) in [6.45, 7) is 3.19. The summed E-state index contributed by atoms with van der Waals surface area (Å²) in [6, 6.07) is 8.37. The normalized spacial score (nSPS) is 18.0. The summed E-state index contributed by atoms with van der Waals surface area (Å²) >= 11 is 1.27. The molecule has 3 aromatic rings. The number of benzene rings is 1. The van der Waals surface area contributed by atoms with Crippen LogP contribution in [-0.4, -0.2) is 41.8 Å². The lowest BCUT2D eigenvalue weighted by Crippen LogP contribution is -2.45. The molecule has 4 heterocycles. The molecule has 2 aliphatic rings. The first-order chi connectivity index (χ1) is 15.0. The predicted molar refractivity (Wildman–Crippen MR) is 121 cm³/mol. The predicted octanol–water partition coefficient (Wildman–Crippen LogP) is 3.66. The summed E-state index contributed by atoms with van der Waals surface area (Å²) in [7, 11) is 0. The van der Waals surface area contributed by atoms with Crippen LogP contribution >= 0.6 is 11.3 Å². The van der Waals surface area contributed by atoms with Gasteiger partial charge in [0.2, 0.25) is 0 Å². The molecule has 9 heteroatoms. The molecule has 0 unspecified atom stereocenters. The Kier molecular flexibility index (Phi) is 4.91. The van der Waals surface area contributed by atoms with Gasteiger partial charge in [-0.15, -0.1) is 11.3 Å². The fraction of sp³-hybridized carbons (Fsp3) is 0.273. The molecule has 31 heavy (non-hydrogen) atoms. The van der Waals surface area contributed by atoms with Gasteiger partial charge in [0.15, 0.2) is 5.78 Å². The van der Waals surface area contributed by atoms with E-state index in [1.165, 1.54) is 23.2 Å². The third-order valence-electron chi connectivity index (χ3n) is 5.60. The van der Waals surface area contributed by atoms with E-state index in [1.54, 1.807) is 36.5 Å². The van der Waals surface area contributed by atoms with Crippen LogP contribution in [0.25, 0.3) is 10.2 Å². The molecular weight excluding hydrogens is 414 g/mol. The third kappa shape index (κ3) is 3.45. The minimum atomic E-state index is -0.382. The van der Waals surface area contributed by atoms with Gasteiger partial charge in [0, 0.05) is 24.3 Å². The first-order valence-corrected chi connectivity index (χ1v) is 11.0. The smallest absolute Gasteiger partial charge is 0.331 e. The van der Waals surface area contributed by atoms with E-state index < -0.39 is 0 Å². The molecule has 0 radical (unpaired) electrons. The number of carbonyl (C=O) groups is 3. The van der Waals surface area contributed by atoms with Crippen LogP contribution in [0.1, 0.15) is 39.8 Å². The molecule has 2 aromatic heterocycles. The number of amides is 3. The number of thiophene rings is 1. The zero-order valence-corrected chi connectivity index (χ0v) is 17.7. The van der Waals surface area contributed by atoms with Crippen LogP contribution in [0.2, 0.25) is 0 Å². The molecule has 0 saturated carbocycles. The number of anilines is 3. The van der Waals surface area contributed by atoms with Crippen molar-refractivity contribution in [2.75, 3.05) is 23.3 Å². The highest BCUT2D eigenvalue weighted by Gasteiger charge is 2.33. The van der Waals surface area contributed by atoms with Crippen molar-refractivity contribution in [1.29, 1.82) is 0 Å². The van der Waals surface area contributed by atoms with Crippen LogP contribution in [0.15, 0.2) is 36.5 Å². The Morgan fingerprint density at radius 3 is 2.94 bits per heavy atom. The fourth-order valence-corrected chi connectivity index (χ4v) is 5.11. The molecule has 0 bridgehead atoms. The highest BCUT2D eigenvalue weighted by atomic mass is 32.1. The quantitative estimate of drug-likeness (QED) is 0.543. The summed E-state index contributed by atoms with van der Waals surface area (Å²) < 4.78 is 0. The minimum Gasteiger partial charge on any atom is -0.347 e. The van der Waals surface area contributed by atoms with Gasteiger partial charge < -0.3 is 16.0 Å². The van der Waals surface area contributed by atoms with Crippen LogP contribution in [-0.2, 0) is 0 Å². The van der Waals surface area contributed by atoms with Gasteiger partial charge in [-0.1, -0.05) is 12.1 Å². The number of urea groups is 1. The van der Waals surface area contributed by atoms with Gasteiger partial charge in [-0.25, -0.2) is 9.78 Å². The molecule has 1 fully saturated rings. The van der Waals surface area contributed by atoms with Crippen molar-refractivity contribution in [2.45, 2.75) is 25.8 Å². The molecule has 3 amide bonds. The van der Waals surface area contributed by atoms with Gasteiger partial charge in [0.05, 0.1) is 22.4 Å². The van der Waals surface area contributed by atoms with E-state index in [0.29, 0.717) is 32.3 Å². The molecule has 158 valence electrons. The average Bonchev–Trinajstić information content (AvgIpc) is 3.14. The fourth-order valence-electron chi connectivity index (χ4n) is 4.09. The van der Waals surface area contributed by atoms with Gasteiger partial charge in [-0.05, 0) is 44.5 Å². The van der Waals surface area contributed by atoms with Gasteiger partial charge in [-0.3, -0.25) is 14.5 Å². The number of ketones is 1. The Hall–Kier alpha value is -3.30. The van der Waals surface area contributed by atoms with E-state index >= 15 is 0 Å². The number of hydrogen-bond acceptors (Lipinski definition) is 6. The summed E-state index contributed by atoms with van der Waals surface area (Å²) in [4.78, 5) is 45.0. The van der Waals surface area contributed by atoms with E-state index in [9.17, 15) is 14.4 Å². The Labute approximate surface area is 182 Å². The number of carbonyl (C=O) groups excluding carboxylic acids is 3. The van der Waals surface area contributed by atoms with Crippen molar-refractivity contribution >= 4 is 56.3 Å². The lowest BCUT2D eigenvalue weighted by Gasteiger charge is -2.29. The molecule has 1 saturated heterocycles. The van der Waals surface area contributed by atoms with Crippen LogP contribution in [0.3, 0.4) is 0 Å². The van der Waals surface area contributed by atoms with E-state index in [0.717, 1.165) is 31.3 Å². The van der Waals surface area contributed by atoms with E-state index in [1.807, 2.05) is 0 Å². The van der Waals surface area contributed by atoms with Gasteiger partial charge in [0.25, 0.3) is 5.91 Å². The monoisotopic (exact) mass is 435 g/mol. The number of aromatic nitrogens is 1. The van der Waals surface area contributed by atoms with Gasteiger partial charge in [0.1, 0.15) is 9.71 Å². The van der Waals surface area contributed by atoms with Gasteiger partial charge in [-0.2, -0.15) is 0 Å². The summed E-state index contributed by atoms with van der Waals surface area (Å²) in [5.74, 6) is -0.281. The molecule has 8 nitrogen and oxygen atoms in total. The number of piperidine rings is 1. The minimum absolute atomic E-state index is 0.0659. The zero-order chi connectivity index (χ0) is 21.5. The highest BCUT2D eigenvalue weighted by molar-refractivity contribution is 7.21. The second-order valence-electron chi connectivity index (χ2n) is 7.71. The van der Waals surface area contributed by atoms with Crippen molar-refractivity contribution in [3.63, 3.8) is 0 Å². The third-order valence-corrected chi connectivity index (χ3v) is 6.69. The molecule has 0 spiro atoms. The Morgan fingerprint density at radius 2 is 2.16 bits per heavy atom. The molecule has 3 N–H and O–H groups in total. The van der Waals surface area contributed by atoms with Crippen molar-refractivity contribution in [1.82, 2.24) is 15.6 Å². The second-order valence-corrected chi connectivity index (χ2v) is 8.70. The second kappa shape index (κ2) is 7.75. The first-order valence-electron chi connectivity index (χ1n) is 10.2. The molecule has 2 aliphatic heterocycles. The molecule has 5 rings (SSSR count). The molecule has 0 aliphatic carbocycles. The summed E-state index contributed by atoms with van der Waals surface area (Å²) in [6.07, 6.45) is 3.57. The number of rotatable bonds is 4. The Bertz CT molecular complexity index is 1220. The van der Waals surface area contributed by atoms with Crippen molar-refractivity contribution in [3.8, 4) is 0 Å². The maximum atomic E-state index is 13.1. The molecule has 1 aromatic carbocycles. The SMILES string of the molecule is CC(=O)c1cccc(N2C(=O)Nc3c(C(=O)N[C@@H]4CCCNC4)sc4nccc2c34)c1. The Balaban J connectivity index is 1.56. The number of Topliss-reactive ketones (excluding diaryl/α,β-unsaturated/α-hetero) is 1. The average molecular weight is 436 g/mol. The standard InChI is InChI=1S/C22H21N5O3S/c1-12(28)13-4-2-6-15(10-13)27-16-7-9-24-21-17(16)18(26-22(27)30)19(31-21)20(29)25-14-5-3-8-23-11-14/h2,4,6-7,9-10,14,23H,3,5,8,11H2,1H3,(H,25,29)(H,26,30)/t14-/m1/s1. The molecular formula is C22H21N5O3S. The van der Waals surface area contributed by atoms with Crippen LogP contribution in [0.5, 0.6) is 0 Å². The van der Waals surface area contributed by atoms with E-state index in [4.69, 9.17) is 0 Å². The number of nitrogens with one attached hydrogen (secondary N) is 3. The lowest BCUT2D eigenvalue weighted by atomic mass is 10.1. The maximum Gasteiger partial charge on any atom is 0.331 e. The largest absolute Gasteiger partial charge is 0.347 e. The van der Waals surface area contributed by atoms with E-state index in [-0.39, 0.29) is 23.8 Å². The summed E-state index contributed by atoms with van der Waals surface area (Å²) in [5.41, 5.74) is 2.23. The van der Waals surface area contributed by atoms with Crippen LogP contribution in [0.4, 0.5) is 21.9 Å². The van der Waals surface area contributed by atoms with Crippen molar-refractivity contribution < 1.29 is 14.4 Å². The van der Waals surface area contributed by atoms with Crippen LogP contribution < -0.4 is 20.9 Å². The topological polar surface area (TPSA) is 103 Å². The first kappa shape index (κ1) is 19.7. The maximum absolute atomic E-state index is 13.1. The number of nitrogens with zero attached hydrogens (tertiary/aromatic N) is 2. The zero-order valence-electron chi connectivity index (χ0n) is 16.9. The summed E-state index contributed by atoms with van der Waals surface area (Å²) in [5, 5.41) is 9.97. The van der Waals surface area contributed by atoms with Crippen molar-refractivity contribution in [3.05, 3.63) is 47.0 Å².